The number of ether oxygens (including phenoxy) is 1. The van der Waals surface area contributed by atoms with Crippen LogP contribution in [0.15, 0.2) is 10.7 Å². The molecule has 0 unspecified atom stereocenters. The maximum Gasteiger partial charge on any atom is 0.392 e. The van der Waals surface area contributed by atoms with E-state index in [1.54, 1.807) is 0 Å². The Balaban J connectivity index is 2.58. The van der Waals surface area contributed by atoms with Crippen LogP contribution in [0.4, 0.5) is 13.2 Å². The van der Waals surface area contributed by atoms with Crippen molar-refractivity contribution in [3.05, 3.63) is 16.5 Å². The van der Waals surface area contributed by atoms with E-state index >= 15 is 0 Å². The van der Waals surface area contributed by atoms with Gasteiger partial charge < -0.3 is 4.74 Å². The van der Waals surface area contributed by atoms with Crippen molar-refractivity contribution in [2.45, 2.75) is 32.4 Å². The maximum absolute atomic E-state index is 11.9. The van der Waals surface area contributed by atoms with Crippen molar-refractivity contribution < 1.29 is 17.9 Å². The molecule has 1 aromatic rings. The molecule has 0 aliphatic rings. The first kappa shape index (κ1) is 14.2. The molecule has 0 amide bonds. The summed E-state index contributed by atoms with van der Waals surface area (Å²) in [6.07, 6.45) is -3.68. The van der Waals surface area contributed by atoms with Crippen molar-refractivity contribution in [1.29, 1.82) is 0 Å². The van der Waals surface area contributed by atoms with Crippen LogP contribution in [0.3, 0.4) is 0 Å². The summed E-state index contributed by atoms with van der Waals surface area (Å²) in [6, 6.07) is 1.45. The molecule has 0 aliphatic carbocycles. The molecule has 17 heavy (non-hydrogen) atoms. The first-order valence-corrected chi connectivity index (χ1v) is 5.93. The normalized spacial score (nSPS) is 11.6. The summed E-state index contributed by atoms with van der Waals surface area (Å²) < 4.78 is 41.2. The van der Waals surface area contributed by atoms with E-state index in [9.17, 15) is 13.2 Å². The van der Waals surface area contributed by atoms with Gasteiger partial charge >= 0.3 is 6.18 Å². The number of halogens is 4. The molecule has 1 aromatic heterocycles. The number of rotatable bonds is 5. The molecule has 0 aliphatic heterocycles. The number of aryl methyl sites for hydroxylation is 1. The van der Waals surface area contributed by atoms with Gasteiger partial charge in [-0.05, 0) is 22.4 Å². The van der Waals surface area contributed by atoms with Gasteiger partial charge in [-0.1, -0.05) is 6.92 Å². The highest BCUT2D eigenvalue weighted by Gasteiger charge is 2.26. The average Bonchev–Trinajstić information content (AvgIpc) is 2.15. The summed E-state index contributed by atoms with van der Waals surface area (Å²) in [5.41, 5.74) is 0. The van der Waals surface area contributed by atoms with Crippen molar-refractivity contribution in [2.24, 2.45) is 0 Å². The van der Waals surface area contributed by atoms with E-state index in [2.05, 4.69) is 25.9 Å². The summed E-state index contributed by atoms with van der Waals surface area (Å²) >= 11 is 3.16. The Morgan fingerprint density at radius 3 is 2.65 bits per heavy atom. The van der Waals surface area contributed by atoms with E-state index in [4.69, 9.17) is 4.74 Å². The quantitative estimate of drug-likeness (QED) is 0.780. The third kappa shape index (κ3) is 5.86. The number of alkyl halides is 3. The van der Waals surface area contributed by atoms with Gasteiger partial charge in [0.2, 0.25) is 5.88 Å². The lowest BCUT2D eigenvalue weighted by molar-refractivity contribution is -0.139. The molecule has 0 fully saturated rings. The van der Waals surface area contributed by atoms with Gasteiger partial charge in [0.1, 0.15) is 10.4 Å². The molecule has 7 heteroatoms. The van der Waals surface area contributed by atoms with Crippen LogP contribution in [0.1, 0.15) is 25.6 Å². The summed E-state index contributed by atoms with van der Waals surface area (Å²) in [7, 11) is 0. The first-order valence-electron chi connectivity index (χ1n) is 5.13. The first-order chi connectivity index (χ1) is 7.90. The Labute approximate surface area is 106 Å². The molecular weight excluding hydrogens is 301 g/mol. The Bertz CT molecular complexity index is 371. The fraction of sp³-hybridized carbons (Fsp3) is 0.600. The predicted molar refractivity (Wildman–Crippen MR) is 59.9 cm³/mol. The van der Waals surface area contributed by atoms with Crippen molar-refractivity contribution in [1.82, 2.24) is 9.97 Å². The van der Waals surface area contributed by atoms with E-state index < -0.39 is 19.2 Å². The lowest BCUT2D eigenvalue weighted by Crippen LogP contribution is -2.13. The van der Waals surface area contributed by atoms with Crippen LogP contribution in [0.2, 0.25) is 0 Å². The van der Waals surface area contributed by atoms with Crippen molar-refractivity contribution in [3.63, 3.8) is 0 Å². The molecule has 0 bridgehead atoms. The van der Waals surface area contributed by atoms with Crippen LogP contribution in [0, 0.1) is 0 Å². The molecular formula is C10H12BrF3N2O. The topological polar surface area (TPSA) is 35.0 Å². The minimum absolute atomic E-state index is 0.166. The smallest absolute Gasteiger partial charge is 0.392 e. The highest BCUT2D eigenvalue weighted by molar-refractivity contribution is 9.10. The zero-order chi connectivity index (χ0) is 12.9. The second-order valence-corrected chi connectivity index (χ2v) is 4.22. The Kier molecular flexibility index (Phi) is 5.17. The molecule has 1 rings (SSSR count). The van der Waals surface area contributed by atoms with Crippen molar-refractivity contribution in [3.8, 4) is 5.88 Å². The number of hydrogen-bond donors (Lipinski definition) is 0. The van der Waals surface area contributed by atoms with Crippen LogP contribution >= 0.6 is 15.9 Å². The van der Waals surface area contributed by atoms with Gasteiger partial charge in [0, 0.05) is 12.5 Å². The van der Waals surface area contributed by atoms with Gasteiger partial charge in [-0.3, -0.25) is 0 Å². The molecule has 0 aromatic carbocycles. The van der Waals surface area contributed by atoms with Gasteiger partial charge in [-0.25, -0.2) is 4.98 Å². The molecule has 0 atom stereocenters. The largest absolute Gasteiger partial charge is 0.477 e. The summed E-state index contributed by atoms with van der Waals surface area (Å²) in [5, 5.41) is 0. The molecule has 0 radical (unpaired) electrons. The minimum Gasteiger partial charge on any atom is -0.477 e. The number of nitrogens with zero attached hydrogens (tertiary/aromatic N) is 2. The van der Waals surface area contributed by atoms with Gasteiger partial charge in [0.15, 0.2) is 0 Å². The van der Waals surface area contributed by atoms with Gasteiger partial charge in [0.05, 0.1) is 13.0 Å². The fourth-order valence-corrected chi connectivity index (χ4v) is 1.52. The van der Waals surface area contributed by atoms with Crippen LogP contribution in [0.5, 0.6) is 5.88 Å². The standard InChI is InChI=1S/C10H12BrF3N2O/c1-2-3-8-15-7(11)6-9(16-8)17-5-4-10(12,13)14/h6H,2-5H2,1H3. The molecule has 0 spiro atoms. The van der Waals surface area contributed by atoms with E-state index in [-0.39, 0.29) is 5.88 Å². The van der Waals surface area contributed by atoms with E-state index in [0.29, 0.717) is 16.8 Å². The highest BCUT2D eigenvalue weighted by Crippen LogP contribution is 2.20. The molecule has 1 heterocycles. The fourth-order valence-electron chi connectivity index (χ4n) is 1.12. The van der Waals surface area contributed by atoms with E-state index in [0.717, 1.165) is 6.42 Å². The zero-order valence-electron chi connectivity index (χ0n) is 9.22. The van der Waals surface area contributed by atoms with Crippen molar-refractivity contribution in [2.75, 3.05) is 6.61 Å². The Hall–Kier alpha value is -0.850. The summed E-state index contributed by atoms with van der Waals surface area (Å²) in [5.74, 6) is 0.725. The second kappa shape index (κ2) is 6.18. The number of hydrogen-bond acceptors (Lipinski definition) is 3. The number of aromatic nitrogens is 2. The van der Waals surface area contributed by atoms with Gasteiger partial charge in [-0.2, -0.15) is 18.2 Å². The molecule has 0 saturated carbocycles. The lowest BCUT2D eigenvalue weighted by atomic mass is 10.3. The molecule has 96 valence electrons. The Morgan fingerprint density at radius 2 is 2.06 bits per heavy atom. The van der Waals surface area contributed by atoms with Crippen LogP contribution in [0.25, 0.3) is 0 Å². The second-order valence-electron chi connectivity index (χ2n) is 3.41. The SMILES string of the molecule is CCCc1nc(Br)cc(OCCC(F)(F)F)n1. The van der Waals surface area contributed by atoms with E-state index in [1.807, 2.05) is 6.92 Å². The molecule has 3 nitrogen and oxygen atoms in total. The Morgan fingerprint density at radius 1 is 1.35 bits per heavy atom. The third-order valence-electron chi connectivity index (χ3n) is 1.83. The third-order valence-corrected chi connectivity index (χ3v) is 2.23. The monoisotopic (exact) mass is 312 g/mol. The van der Waals surface area contributed by atoms with Crippen molar-refractivity contribution >= 4 is 15.9 Å². The molecule has 0 saturated heterocycles. The summed E-state index contributed by atoms with van der Waals surface area (Å²) in [6.45, 7) is 1.53. The van der Waals surface area contributed by atoms with Gasteiger partial charge in [-0.15, -0.1) is 0 Å². The maximum atomic E-state index is 11.9. The minimum atomic E-state index is -4.21. The molecule has 0 N–H and O–H groups in total. The predicted octanol–water partition coefficient (Wildman–Crippen LogP) is 3.52. The van der Waals surface area contributed by atoms with Crippen LogP contribution in [-0.2, 0) is 6.42 Å². The van der Waals surface area contributed by atoms with Crippen LogP contribution < -0.4 is 4.74 Å². The van der Waals surface area contributed by atoms with Crippen LogP contribution in [-0.4, -0.2) is 22.8 Å². The summed E-state index contributed by atoms with van der Waals surface area (Å²) in [4.78, 5) is 8.10. The highest BCUT2D eigenvalue weighted by atomic mass is 79.9. The van der Waals surface area contributed by atoms with E-state index in [1.165, 1.54) is 6.07 Å². The van der Waals surface area contributed by atoms with Gasteiger partial charge in [0.25, 0.3) is 0 Å². The lowest BCUT2D eigenvalue weighted by Gasteiger charge is -2.09. The zero-order valence-corrected chi connectivity index (χ0v) is 10.8. The average molecular weight is 313 g/mol.